The molecule has 130 valence electrons. The lowest BCUT2D eigenvalue weighted by molar-refractivity contribution is 0.353. The molecule has 1 aromatic carbocycles. The molecule has 4 heterocycles. The Morgan fingerprint density at radius 1 is 1.08 bits per heavy atom. The third kappa shape index (κ3) is 2.42. The van der Waals surface area contributed by atoms with Crippen molar-refractivity contribution in [2.75, 3.05) is 18.0 Å². The molecule has 3 aromatic heterocycles. The van der Waals surface area contributed by atoms with E-state index in [1.807, 2.05) is 49.6 Å². The molecule has 1 saturated heterocycles. The van der Waals surface area contributed by atoms with Crippen LogP contribution in [0.3, 0.4) is 0 Å². The Kier molecular flexibility index (Phi) is 3.41. The fourth-order valence-corrected chi connectivity index (χ4v) is 3.44. The van der Waals surface area contributed by atoms with Crippen LogP contribution in [0.15, 0.2) is 49.1 Å². The molecule has 0 aliphatic carbocycles. The van der Waals surface area contributed by atoms with Crippen LogP contribution in [0.5, 0.6) is 0 Å². The van der Waals surface area contributed by atoms with Gasteiger partial charge in [-0.15, -0.1) is 5.10 Å². The summed E-state index contributed by atoms with van der Waals surface area (Å²) in [7, 11) is 0. The fraction of sp³-hybridized carbons (Fsp3) is 0.278. The van der Waals surface area contributed by atoms with Crippen LogP contribution in [0, 0.1) is 12.8 Å². The summed E-state index contributed by atoms with van der Waals surface area (Å²) >= 11 is 0. The maximum Gasteiger partial charge on any atom is 0.189 e. The van der Waals surface area contributed by atoms with Crippen LogP contribution >= 0.6 is 0 Å². The van der Waals surface area contributed by atoms with Gasteiger partial charge in [0.05, 0.1) is 5.69 Å². The zero-order valence-corrected chi connectivity index (χ0v) is 14.4. The Morgan fingerprint density at radius 3 is 2.69 bits per heavy atom. The number of nitrogens with zero attached hydrogens (tertiary/aromatic N) is 8. The summed E-state index contributed by atoms with van der Waals surface area (Å²) in [5.74, 6) is 2.49. The lowest BCUT2D eigenvalue weighted by Gasteiger charge is -2.40. The molecular weight excluding hydrogens is 328 g/mol. The van der Waals surface area contributed by atoms with Crippen LogP contribution in [-0.2, 0) is 6.54 Å². The average molecular weight is 346 g/mol. The molecule has 5 rings (SSSR count). The maximum absolute atomic E-state index is 4.46. The Morgan fingerprint density at radius 2 is 1.92 bits per heavy atom. The van der Waals surface area contributed by atoms with E-state index in [4.69, 9.17) is 0 Å². The van der Waals surface area contributed by atoms with Crippen molar-refractivity contribution in [2.45, 2.75) is 13.5 Å². The highest BCUT2D eigenvalue weighted by molar-refractivity contribution is 5.84. The van der Waals surface area contributed by atoms with Gasteiger partial charge >= 0.3 is 0 Å². The second kappa shape index (κ2) is 5.91. The van der Waals surface area contributed by atoms with Gasteiger partial charge in [-0.2, -0.15) is 4.68 Å². The van der Waals surface area contributed by atoms with Crippen molar-refractivity contribution in [3.8, 4) is 5.69 Å². The predicted molar refractivity (Wildman–Crippen MR) is 97.1 cm³/mol. The standard InChI is InChI=1S/C18H18N8/c1-13-19-7-8-24(13)9-14-10-25(11-14)17-16-18(21-12-20-17)26(23-22-16)15-5-3-2-4-6-15/h2-8,12,14H,9-11H2,1H3. The molecule has 1 aliphatic rings. The second-order valence-corrected chi connectivity index (χ2v) is 6.60. The summed E-state index contributed by atoms with van der Waals surface area (Å²) in [6.07, 6.45) is 5.47. The quantitative estimate of drug-likeness (QED) is 0.561. The van der Waals surface area contributed by atoms with Gasteiger partial charge in [-0.25, -0.2) is 15.0 Å². The van der Waals surface area contributed by atoms with E-state index in [-0.39, 0.29) is 0 Å². The SMILES string of the molecule is Cc1nccn1CC1CN(c2ncnc3c2nnn3-c2ccccc2)C1. The zero-order chi connectivity index (χ0) is 17.5. The first-order valence-electron chi connectivity index (χ1n) is 8.64. The van der Waals surface area contributed by atoms with Crippen LogP contribution < -0.4 is 4.90 Å². The molecule has 4 aromatic rings. The molecule has 0 bridgehead atoms. The largest absolute Gasteiger partial charge is 0.354 e. The van der Waals surface area contributed by atoms with Crippen LogP contribution in [0.1, 0.15) is 5.82 Å². The molecule has 0 radical (unpaired) electrons. The second-order valence-electron chi connectivity index (χ2n) is 6.60. The topological polar surface area (TPSA) is 77.6 Å². The minimum atomic E-state index is 0.581. The Bertz CT molecular complexity index is 1050. The molecule has 26 heavy (non-hydrogen) atoms. The minimum absolute atomic E-state index is 0.581. The van der Waals surface area contributed by atoms with E-state index in [1.165, 1.54) is 0 Å². The summed E-state index contributed by atoms with van der Waals surface area (Å²) in [4.78, 5) is 15.4. The van der Waals surface area contributed by atoms with Gasteiger partial charge < -0.3 is 9.47 Å². The highest BCUT2D eigenvalue weighted by atomic mass is 15.5. The number of para-hydroxylation sites is 1. The highest BCUT2D eigenvalue weighted by Gasteiger charge is 2.30. The van der Waals surface area contributed by atoms with Gasteiger partial charge in [-0.05, 0) is 19.1 Å². The lowest BCUT2D eigenvalue weighted by atomic mass is 10.00. The summed E-state index contributed by atoms with van der Waals surface area (Å²) < 4.78 is 3.95. The van der Waals surface area contributed by atoms with Crippen molar-refractivity contribution in [3.05, 3.63) is 54.9 Å². The number of aromatic nitrogens is 7. The van der Waals surface area contributed by atoms with E-state index >= 15 is 0 Å². The number of benzene rings is 1. The lowest BCUT2D eigenvalue weighted by Crippen LogP contribution is -2.49. The Labute approximate surface area is 150 Å². The van der Waals surface area contributed by atoms with Crippen molar-refractivity contribution in [2.24, 2.45) is 5.92 Å². The summed E-state index contributed by atoms with van der Waals surface area (Å²) in [6.45, 7) is 4.91. The van der Waals surface area contributed by atoms with Crippen LogP contribution in [0.2, 0.25) is 0 Å². The number of imidazole rings is 1. The molecule has 8 heteroatoms. The van der Waals surface area contributed by atoms with Crippen molar-refractivity contribution >= 4 is 17.0 Å². The number of anilines is 1. The molecule has 0 saturated carbocycles. The van der Waals surface area contributed by atoms with Gasteiger partial charge in [-0.1, -0.05) is 23.4 Å². The van der Waals surface area contributed by atoms with Crippen LogP contribution in [-0.4, -0.2) is 47.6 Å². The first kappa shape index (κ1) is 15.0. The summed E-state index contributed by atoms with van der Waals surface area (Å²) in [5.41, 5.74) is 2.42. The first-order chi connectivity index (χ1) is 12.8. The Hall–Kier alpha value is -3.29. The molecule has 0 spiro atoms. The van der Waals surface area contributed by atoms with Crippen LogP contribution in [0.4, 0.5) is 5.82 Å². The van der Waals surface area contributed by atoms with Crippen molar-refractivity contribution in [1.82, 2.24) is 34.5 Å². The Balaban J connectivity index is 1.39. The maximum atomic E-state index is 4.46. The van der Waals surface area contributed by atoms with E-state index in [9.17, 15) is 0 Å². The van der Waals surface area contributed by atoms with Gasteiger partial charge in [0.2, 0.25) is 0 Å². The number of aryl methyl sites for hydroxylation is 1. The number of hydrogen-bond acceptors (Lipinski definition) is 6. The molecule has 0 unspecified atom stereocenters. The monoisotopic (exact) mass is 346 g/mol. The van der Waals surface area contributed by atoms with Gasteiger partial charge in [0.1, 0.15) is 12.2 Å². The molecule has 0 N–H and O–H groups in total. The predicted octanol–water partition coefficient (Wildman–Crippen LogP) is 1.85. The minimum Gasteiger partial charge on any atom is -0.354 e. The molecular formula is C18H18N8. The normalized spacial score (nSPS) is 14.7. The zero-order valence-electron chi connectivity index (χ0n) is 14.4. The number of rotatable bonds is 4. The van der Waals surface area contributed by atoms with E-state index in [0.29, 0.717) is 5.92 Å². The third-order valence-electron chi connectivity index (χ3n) is 4.85. The van der Waals surface area contributed by atoms with E-state index in [2.05, 4.69) is 34.7 Å². The smallest absolute Gasteiger partial charge is 0.189 e. The van der Waals surface area contributed by atoms with E-state index in [1.54, 1.807) is 11.0 Å². The van der Waals surface area contributed by atoms with Gasteiger partial charge in [0, 0.05) is 37.9 Å². The number of fused-ring (bicyclic) bond motifs is 1. The van der Waals surface area contributed by atoms with Crippen molar-refractivity contribution in [3.63, 3.8) is 0 Å². The van der Waals surface area contributed by atoms with Gasteiger partial charge in [0.15, 0.2) is 17.0 Å². The van der Waals surface area contributed by atoms with Crippen molar-refractivity contribution < 1.29 is 0 Å². The molecule has 0 amide bonds. The van der Waals surface area contributed by atoms with Gasteiger partial charge in [0.25, 0.3) is 0 Å². The average Bonchev–Trinajstić information content (AvgIpc) is 3.25. The van der Waals surface area contributed by atoms with Crippen LogP contribution in [0.25, 0.3) is 16.9 Å². The highest BCUT2D eigenvalue weighted by Crippen LogP contribution is 2.29. The summed E-state index contributed by atoms with van der Waals surface area (Å²) in [6, 6.07) is 9.91. The molecule has 1 fully saturated rings. The van der Waals surface area contributed by atoms with Crippen molar-refractivity contribution in [1.29, 1.82) is 0 Å². The third-order valence-corrected chi connectivity index (χ3v) is 4.85. The van der Waals surface area contributed by atoms with E-state index in [0.717, 1.165) is 48.1 Å². The first-order valence-corrected chi connectivity index (χ1v) is 8.64. The molecule has 1 aliphatic heterocycles. The molecule has 8 nitrogen and oxygen atoms in total. The molecule has 0 atom stereocenters. The van der Waals surface area contributed by atoms with Gasteiger partial charge in [-0.3, -0.25) is 0 Å². The van der Waals surface area contributed by atoms with E-state index < -0.39 is 0 Å². The summed E-state index contributed by atoms with van der Waals surface area (Å²) in [5, 5.41) is 8.63. The fourth-order valence-electron chi connectivity index (χ4n) is 3.44. The number of hydrogen-bond donors (Lipinski definition) is 0.